The van der Waals surface area contributed by atoms with Gasteiger partial charge >= 0.3 is 5.97 Å². The van der Waals surface area contributed by atoms with E-state index in [-0.39, 0.29) is 6.04 Å². The first-order valence-corrected chi connectivity index (χ1v) is 7.03. The van der Waals surface area contributed by atoms with Gasteiger partial charge in [-0.15, -0.1) is 0 Å². The number of hydrogen-bond donors (Lipinski definition) is 1. The van der Waals surface area contributed by atoms with E-state index in [2.05, 4.69) is 0 Å². The van der Waals surface area contributed by atoms with Gasteiger partial charge in [-0.1, -0.05) is 0 Å². The van der Waals surface area contributed by atoms with Gasteiger partial charge in [0, 0.05) is 12.3 Å². The molecule has 100 valence electrons. The lowest BCUT2D eigenvalue weighted by Gasteiger charge is -2.32. The molecule has 0 saturated carbocycles. The molecule has 1 N–H and O–H groups in total. The number of sulfone groups is 1. The van der Waals surface area contributed by atoms with E-state index in [0.29, 0.717) is 0 Å². The summed E-state index contributed by atoms with van der Waals surface area (Å²) in [4.78, 5) is 23.8. The summed E-state index contributed by atoms with van der Waals surface area (Å²) in [5.74, 6) is -1.87. The molecule has 0 aromatic rings. The lowest BCUT2D eigenvalue weighted by atomic mass is 10.1. The Labute approximate surface area is 102 Å². The highest BCUT2D eigenvalue weighted by Crippen LogP contribution is 2.20. The van der Waals surface area contributed by atoms with E-state index in [0.717, 1.165) is 11.2 Å². The Morgan fingerprint density at radius 2 is 1.71 bits per heavy atom. The maximum Gasteiger partial charge on any atom is 0.323 e. The summed E-state index contributed by atoms with van der Waals surface area (Å²) in [5, 5.41) is 8.71. The van der Waals surface area contributed by atoms with E-state index in [4.69, 9.17) is 5.11 Å². The third kappa shape index (κ3) is 3.69. The second-order valence-corrected chi connectivity index (χ2v) is 7.27. The lowest BCUT2D eigenvalue weighted by Crippen LogP contribution is -2.53. The van der Waals surface area contributed by atoms with Crippen molar-refractivity contribution in [1.29, 1.82) is 0 Å². The molecule has 0 rings (SSSR count). The third-order valence-electron chi connectivity index (χ3n) is 2.63. The fourth-order valence-electron chi connectivity index (χ4n) is 1.14. The van der Waals surface area contributed by atoms with Crippen LogP contribution in [0.15, 0.2) is 0 Å². The van der Waals surface area contributed by atoms with E-state index in [1.807, 2.05) is 0 Å². The number of hydrogen-bond acceptors (Lipinski definition) is 4. The largest absolute Gasteiger partial charge is 0.480 e. The van der Waals surface area contributed by atoms with Crippen molar-refractivity contribution in [3.8, 4) is 0 Å². The predicted octanol–water partition coefficient (Wildman–Crippen LogP) is 0.131. The molecule has 0 aliphatic heterocycles. The van der Waals surface area contributed by atoms with Gasteiger partial charge in [0.05, 0.1) is 0 Å². The Kier molecular flexibility index (Phi) is 4.70. The van der Waals surface area contributed by atoms with Gasteiger partial charge in [-0.05, 0) is 27.7 Å². The Balaban J connectivity index is 5.31. The molecule has 0 aromatic heterocycles. The van der Waals surface area contributed by atoms with Gasteiger partial charge in [-0.3, -0.25) is 9.59 Å². The average molecular weight is 265 g/mol. The first-order valence-electron chi connectivity index (χ1n) is 5.13. The van der Waals surface area contributed by atoms with Crippen LogP contribution >= 0.6 is 0 Å². The van der Waals surface area contributed by atoms with Crippen molar-refractivity contribution in [2.75, 3.05) is 12.8 Å². The molecule has 0 spiro atoms. The number of carboxylic acid groups (broad SMARTS) is 1. The third-order valence-corrected chi connectivity index (χ3v) is 4.66. The number of carbonyl (C=O) groups excluding carboxylic acids is 1. The highest BCUT2D eigenvalue weighted by Gasteiger charge is 2.42. The molecule has 0 aliphatic carbocycles. The quantitative estimate of drug-likeness (QED) is 0.763. The normalized spacial score (nSPS) is 12.6. The minimum absolute atomic E-state index is 0.375. The van der Waals surface area contributed by atoms with E-state index >= 15 is 0 Å². The predicted molar refractivity (Wildman–Crippen MR) is 63.4 cm³/mol. The zero-order chi connectivity index (χ0) is 14.0. The summed E-state index contributed by atoms with van der Waals surface area (Å²) in [7, 11) is -3.60. The number of rotatable bonds is 5. The molecule has 0 atom stereocenters. The van der Waals surface area contributed by atoms with Crippen molar-refractivity contribution in [2.45, 2.75) is 38.5 Å². The van der Waals surface area contributed by atoms with Gasteiger partial charge in [-0.2, -0.15) is 0 Å². The Morgan fingerprint density at radius 1 is 1.29 bits per heavy atom. The summed E-state index contributed by atoms with van der Waals surface area (Å²) in [5.41, 5.74) is 0. The van der Waals surface area contributed by atoms with Crippen molar-refractivity contribution < 1.29 is 23.1 Å². The van der Waals surface area contributed by atoms with Crippen molar-refractivity contribution in [3.05, 3.63) is 0 Å². The number of nitrogens with zero attached hydrogens (tertiary/aromatic N) is 1. The van der Waals surface area contributed by atoms with Gasteiger partial charge < -0.3 is 10.0 Å². The zero-order valence-electron chi connectivity index (χ0n) is 10.7. The molecular weight excluding hydrogens is 246 g/mol. The van der Waals surface area contributed by atoms with Crippen LogP contribution in [0.1, 0.15) is 27.7 Å². The minimum Gasteiger partial charge on any atom is -0.480 e. The fraction of sp³-hybridized carbons (Fsp3) is 0.800. The molecule has 6 nitrogen and oxygen atoms in total. The average Bonchev–Trinajstić information content (AvgIpc) is 2.10. The molecule has 0 aliphatic rings. The maximum atomic E-state index is 12.1. The standard InChI is InChI=1S/C10H19NO5S/c1-7(2)11(6-8(12)13)9(14)10(3,4)17(5,15)16/h7H,6H2,1-5H3,(H,12,13). The van der Waals surface area contributed by atoms with Crippen LogP contribution < -0.4 is 0 Å². The first kappa shape index (κ1) is 15.9. The number of carboxylic acids is 1. The molecule has 7 heteroatoms. The second kappa shape index (κ2) is 5.03. The number of amides is 1. The summed E-state index contributed by atoms with van der Waals surface area (Å²) in [6.07, 6.45) is 0.962. The topological polar surface area (TPSA) is 91.8 Å². The highest BCUT2D eigenvalue weighted by molar-refractivity contribution is 7.92. The minimum atomic E-state index is -3.60. The molecule has 0 bridgehead atoms. The SMILES string of the molecule is CC(C)N(CC(=O)O)C(=O)C(C)(C)S(C)(=O)=O. The summed E-state index contributed by atoms with van der Waals surface area (Å²) in [6.45, 7) is 5.33. The van der Waals surface area contributed by atoms with Crippen LogP contribution in [-0.4, -0.2) is 53.9 Å². The van der Waals surface area contributed by atoms with Crippen LogP contribution in [0.3, 0.4) is 0 Å². The van der Waals surface area contributed by atoms with Gasteiger partial charge in [0.2, 0.25) is 5.91 Å². The molecule has 0 saturated heterocycles. The molecule has 17 heavy (non-hydrogen) atoms. The monoisotopic (exact) mass is 265 g/mol. The van der Waals surface area contributed by atoms with Crippen LogP contribution in [0.2, 0.25) is 0 Å². The Morgan fingerprint density at radius 3 is 1.94 bits per heavy atom. The zero-order valence-corrected chi connectivity index (χ0v) is 11.5. The number of carbonyl (C=O) groups is 2. The van der Waals surface area contributed by atoms with Crippen LogP contribution in [0.4, 0.5) is 0 Å². The first-order chi connectivity index (χ1) is 7.41. The Hall–Kier alpha value is -1.11. The summed E-state index contributed by atoms with van der Waals surface area (Å²) >= 11 is 0. The summed E-state index contributed by atoms with van der Waals surface area (Å²) < 4.78 is 21.4. The molecular formula is C10H19NO5S. The van der Waals surface area contributed by atoms with Gasteiger partial charge in [0.15, 0.2) is 9.84 Å². The second-order valence-electron chi connectivity index (χ2n) is 4.70. The molecule has 0 heterocycles. The molecule has 0 aromatic carbocycles. The van der Waals surface area contributed by atoms with Crippen LogP contribution in [0, 0.1) is 0 Å². The van der Waals surface area contributed by atoms with E-state index in [9.17, 15) is 18.0 Å². The van der Waals surface area contributed by atoms with E-state index in [1.54, 1.807) is 13.8 Å². The van der Waals surface area contributed by atoms with Gasteiger partial charge in [0.1, 0.15) is 11.3 Å². The smallest absolute Gasteiger partial charge is 0.323 e. The van der Waals surface area contributed by atoms with Crippen LogP contribution in [-0.2, 0) is 19.4 Å². The lowest BCUT2D eigenvalue weighted by molar-refractivity contribution is -0.146. The number of aliphatic carboxylic acids is 1. The van der Waals surface area contributed by atoms with Crippen LogP contribution in [0.5, 0.6) is 0 Å². The van der Waals surface area contributed by atoms with Crippen molar-refractivity contribution >= 4 is 21.7 Å². The maximum absolute atomic E-state index is 12.1. The van der Waals surface area contributed by atoms with E-state index in [1.165, 1.54) is 13.8 Å². The van der Waals surface area contributed by atoms with Gasteiger partial charge in [0.25, 0.3) is 0 Å². The van der Waals surface area contributed by atoms with Crippen molar-refractivity contribution in [2.24, 2.45) is 0 Å². The Bertz CT molecular complexity index is 410. The molecule has 0 fully saturated rings. The van der Waals surface area contributed by atoms with Crippen LogP contribution in [0.25, 0.3) is 0 Å². The van der Waals surface area contributed by atoms with Crippen molar-refractivity contribution in [1.82, 2.24) is 4.90 Å². The van der Waals surface area contributed by atoms with Crippen molar-refractivity contribution in [3.63, 3.8) is 0 Å². The fourth-order valence-corrected chi connectivity index (χ4v) is 1.57. The summed E-state index contributed by atoms with van der Waals surface area (Å²) in [6, 6.07) is -0.375. The van der Waals surface area contributed by atoms with Gasteiger partial charge in [-0.25, -0.2) is 8.42 Å². The molecule has 0 unspecified atom stereocenters. The molecule has 0 radical (unpaired) electrons. The van der Waals surface area contributed by atoms with E-state index < -0.39 is 33.0 Å². The highest BCUT2D eigenvalue weighted by atomic mass is 32.2. The molecule has 1 amide bonds.